The molecule has 1 aromatic heterocycles. The molecule has 3 N–H and O–H groups in total. The first-order chi connectivity index (χ1) is 9.06. The number of hydrogen-bond acceptors (Lipinski definition) is 4. The first-order valence-corrected chi connectivity index (χ1v) is 7.23. The van der Waals surface area contributed by atoms with E-state index >= 15 is 0 Å². The number of ether oxygens (including phenoxy) is 1. The van der Waals surface area contributed by atoms with E-state index in [0.29, 0.717) is 11.3 Å². The van der Waals surface area contributed by atoms with Crippen LogP contribution in [0.1, 0.15) is 22.0 Å². The van der Waals surface area contributed by atoms with Crippen molar-refractivity contribution in [2.45, 2.75) is 13.0 Å². The van der Waals surface area contributed by atoms with Crippen molar-refractivity contribution in [2.75, 3.05) is 7.11 Å². The van der Waals surface area contributed by atoms with Crippen LogP contribution in [0.5, 0.6) is 5.75 Å². The van der Waals surface area contributed by atoms with E-state index in [1.807, 2.05) is 13.0 Å². The van der Waals surface area contributed by atoms with Gasteiger partial charge in [-0.3, -0.25) is 5.84 Å². The molecule has 2 aromatic rings. The van der Waals surface area contributed by atoms with Gasteiger partial charge in [-0.05, 0) is 52.7 Å². The van der Waals surface area contributed by atoms with Gasteiger partial charge in [-0.2, -0.15) is 0 Å². The lowest BCUT2D eigenvalue weighted by Crippen LogP contribution is -2.28. The van der Waals surface area contributed by atoms with Gasteiger partial charge in [0.05, 0.1) is 16.9 Å². The fraction of sp³-hybridized carbons (Fsp3) is 0.231. The summed E-state index contributed by atoms with van der Waals surface area (Å²) in [5.41, 5.74) is 4.52. The molecule has 0 saturated carbocycles. The van der Waals surface area contributed by atoms with E-state index in [-0.39, 0.29) is 11.9 Å². The predicted octanol–water partition coefficient (Wildman–Crippen LogP) is 3.52. The minimum absolute atomic E-state index is 0.305. The maximum Gasteiger partial charge on any atom is 0.124 e. The molecule has 0 radical (unpaired) electrons. The maximum atomic E-state index is 13.5. The Kier molecular flexibility index (Phi) is 4.57. The molecule has 19 heavy (non-hydrogen) atoms. The van der Waals surface area contributed by atoms with Crippen LogP contribution in [0.15, 0.2) is 28.1 Å². The molecule has 1 atom stereocenters. The lowest BCUT2D eigenvalue weighted by atomic mass is 10.0. The van der Waals surface area contributed by atoms with E-state index < -0.39 is 0 Å². The minimum atomic E-state index is -0.316. The topological polar surface area (TPSA) is 47.3 Å². The molecule has 1 aromatic carbocycles. The van der Waals surface area contributed by atoms with Crippen LogP contribution >= 0.6 is 27.3 Å². The zero-order chi connectivity index (χ0) is 14.0. The average molecular weight is 345 g/mol. The number of aryl methyl sites for hydroxylation is 1. The third-order valence-corrected chi connectivity index (χ3v) is 5.03. The van der Waals surface area contributed by atoms with E-state index in [2.05, 4.69) is 21.4 Å². The molecule has 102 valence electrons. The van der Waals surface area contributed by atoms with E-state index in [1.54, 1.807) is 24.5 Å². The number of methoxy groups -OCH3 is 1. The molecule has 3 nitrogen and oxygen atoms in total. The SMILES string of the molecule is COc1ccc(F)cc1C(NN)c1cc(C)c(Br)s1. The van der Waals surface area contributed by atoms with Crippen molar-refractivity contribution in [3.05, 3.63) is 49.9 Å². The average Bonchev–Trinajstić information content (AvgIpc) is 2.70. The summed E-state index contributed by atoms with van der Waals surface area (Å²) in [7, 11) is 1.56. The van der Waals surface area contributed by atoms with Gasteiger partial charge in [-0.1, -0.05) is 0 Å². The molecular weight excluding hydrogens is 331 g/mol. The van der Waals surface area contributed by atoms with Crippen LogP contribution in [-0.2, 0) is 0 Å². The van der Waals surface area contributed by atoms with Crippen molar-refractivity contribution in [3.8, 4) is 5.75 Å². The van der Waals surface area contributed by atoms with Gasteiger partial charge in [-0.15, -0.1) is 11.3 Å². The number of benzene rings is 1. The second-order valence-electron chi connectivity index (χ2n) is 4.09. The number of halogens is 2. The van der Waals surface area contributed by atoms with Crippen LogP contribution in [0.2, 0.25) is 0 Å². The van der Waals surface area contributed by atoms with Crippen molar-refractivity contribution in [1.29, 1.82) is 0 Å². The van der Waals surface area contributed by atoms with Gasteiger partial charge in [0.2, 0.25) is 0 Å². The highest BCUT2D eigenvalue weighted by Crippen LogP contribution is 2.37. The number of nitrogens with two attached hydrogens (primary N) is 1. The van der Waals surface area contributed by atoms with Crippen molar-refractivity contribution < 1.29 is 9.13 Å². The first kappa shape index (κ1) is 14.5. The third-order valence-electron chi connectivity index (χ3n) is 2.83. The van der Waals surface area contributed by atoms with Crippen molar-refractivity contribution >= 4 is 27.3 Å². The molecule has 1 unspecified atom stereocenters. The van der Waals surface area contributed by atoms with Crippen LogP contribution < -0.4 is 16.0 Å². The number of thiophene rings is 1. The van der Waals surface area contributed by atoms with Crippen LogP contribution in [0.4, 0.5) is 4.39 Å². The fourth-order valence-electron chi connectivity index (χ4n) is 1.88. The summed E-state index contributed by atoms with van der Waals surface area (Å²) >= 11 is 5.04. The molecule has 0 amide bonds. The highest BCUT2D eigenvalue weighted by Gasteiger charge is 2.20. The molecule has 0 saturated heterocycles. The van der Waals surface area contributed by atoms with Gasteiger partial charge in [0, 0.05) is 10.4 Å². The summed E-state index contributed by atoms with van der Waals surface area (Å²) in [4.78, 5) is 0.996. The molecule has 0 aliphatic carbocycles. The second-order valence-corrected chi connectivity index (χ2v) is 6.49. The zero-order valence-corrected chi connectivity index (χ0v) is 12.9. The molecular formula is C13H14BrFN2OS. The molecule has 2 rings (SSSR count). The molecule has 0 bridgehead atoms. The smallest absolute Gasteiger partial charge is 0.124 e. The highest BCUT2D eigenvalue weighted by atomic mass is 79.9. The van der Waals surface area contributed by atoms with E-state index in [9.17, 15) is 4.39 Å². The summed E-state index contributed by atoms with van der Waals surface area (Å²) in [5, 5.41) is 0. The molecule has 6 heteroatoms. The third kappa shape index (κ3) is 2.97. The Bertz CT molecular complexity index is 569. The summed E-state index contributed by atoms with van der Waals surface area (Å²) in [6.07, 6.45) is 0. The number of nitrogens with one attached hydrogen (secondary N) is 1. The van der Waals surface area contributed by atoms with Gasteiger partial charge in [0.15, 0.2) is 0 Å². The lowest BCUT2D eigenvalue weighted by molar-refractivity contribution is 0.403. The quantitative estimate of drug-likeness (QED) is 0.658. The van der Waals surface area contributed by atoms with Gasteiger partial charge >= 0.3 is 0 Å². The van der Waals surface area contributed by atoms with Crippen LogP contribution in [0.25, 0.3) is 0 Å². The monoisotopic (exact) mass is 344 g/mol. The van der Waals surface area contributed by atoms with Gasteiger partial charge in [0.25, 0.3) is 0 Å². The normalized spacial score (nSPS) is 12.5. The van der Waals surface area contributed by atoms with Gasteiger partial charge < -0.3 is 4.74 Å². The molecule has 1 heterocycles. The largest absolute Gasteiger partial charge is 0.496 e. The van der Waals surface area contributed by atoms with Gasteiger partial charge in [0.1, 0.15) is 11.6 Å². The molecule has 0 spiro atoms. The van der Waals surface area contributed by atoms with Crippen molar-refractivity contribution in [2.24, 2.45) is 5.84 Å². The Morgan fingerprint density at radius 3 is 2.68 bits per heavy atom. The molecule has 0 fully saturated rings. The number of hydrazine groups is 1. The van der Waals surface area contributed by atoms with Crippen LogP contribution in [0, 0.1) is 12.7 Å². The van der Waals surface area contributed by atoms with Gasteiger partial charge in [-0.25, -0.2) is 9.82 Å². The van der Waals surface area contributed by atoms with Crippen LogP contribution in [-0.4, -0.2) is 7.11 Å². The first-order valence-electron chi connectivity index (χ1n) is 5.62. The lowest BCUT2D eigenvalue weighted by Gasteiger charge is -2.18. The number of hydrogen-bond donors (Lipinski definition) is 2. The summed E-state index contributed by atoms with van der Waals surface area (Å²) < 4.78 is 19.8. The Morgan fingerprint density at radius 1 is 1.42 bits per heavy atom. The standard InChI is InChI=1S/C13H14BrFN2OS/c1-7-5-11(19-13(7)14)12(17-16)9-6-8(15)3-4-10(9)18-2/h3-6,12,17H,16H2,1-2H3. The van der Waals surface area contributed by atoms with E-state index in [0.717, 1.165) is 14.2 Å². The molecule has 0 aliphatic rings. The summed E-state index contributed by atoms with van der Waals surface area (Å²) in [6, 6.07) is 6.12. The zero-order valence-electron chi connectivity index (χ0n) is 10.5. The minimum Gasteiger partial charge on any atom is -0.496 e. The Hall–Kier alpha value is -0.950. The van der Waals surface area contributed by atoms with Crippen LogP contribution in [0.3, 0.4) is 0 Å². The maximum absolute atomic E-state index is 13.5. The second kappa shape index (κ2) is 6.00. The highest BCUT2D eigenvalue weighted by molar-refractivity contribution is 9.11. The fourth-order valence-corrected chi connectivity index (χ4v) is 3.53. The summed E-state index contributed by atoms with van der Waals surface area (Å²) in [5.74, 6) is 5.92. The van der Waals surface area contributed by atoms with E-state index in [4.69, 9.17) is 10.6 Å². The molecule has 0 aliphatic heterocycles. The Balaban J connectivity index is 2.50. The Morgan fingerprint density at radius 2 is 2.16 bits per heavy atom. The summed E-state index contributed by atoms with van der Waals surface area (Å²) in [6.45, 7) is 2.00. The van der Waals surface area contributed by atoms with E-state index in [1.165, 1.54) is 12.1 Å². The predicted molar refractivity (Wildman–Crippen MR) is 78.9 cm³/mol. The van der Waals surface area contributed by atoms with Crippen molar-refractivity contribution in [1.82, 2.24) is 5.43 Å². The number of rotatable bonds is 4. The van der Waals surface area contributed by atoms with Crippen molar-refractivity contribution in [3.63, 3.8) is 0 Å². The Labute approximate surface area is 123 Å².